The molecule has 1 aliphatic heterocycles. The highest BCUT2D eigenvalue weighted by Gasteiger charge is 2.18. The van der Waals surface area contributed by atoms with Crippen molar-refractivity contribution >= 4 is 59.7 Å². The van der Waals surface area contributed by atoms with Gasteiger partial charge in [0, 0.05) is 28.4 Å². The number of hydrogen-bond donors (Lipinski definition) is 1. The zero-order valence-electron chi connectivity index (χ0n) is 26.9. The van der Waals surface area contributed by atoms with Crippen molar-refractivity contribution in [3.8, 4) is 27.9 Å². The highest BCUT2D eigenvalue weighted by atomic mass is 15.0. The first kappa shape index (κ1) is 27.7. The number of dihydropyridines is 1. The van der Waals surface area contributed by atoms with Crippen LogP contribution in [0.25, 0.3) is 87.6 Å². The first-order valence-electron chi connectivity index (χ1n) is 17.0. The van der Waals surface area contributed by atoms with Crippen LogP contribution in [0.15, 0.2) is 176 Å². The fourth-order valence-corrected chi connectivity index (χ4v) is 7.86. The van der Waals surface area contributed by atoms with Gasteiger partial charge >= 0.3 is 0 Å². The topological polar surface area (TPSA) is 17.0 Å². The van der Waals surface area contributed by atoms with Crippen molar-refractivity contribution in [2.75, 3.05) is 6.54 Å². The van der Waals surface area contributed by atoms with Crippen LogP contribution in [0, 0.1) is 0 Å². The fourth-order valence-electron chi connectivity index (χ4n) is 7.86. The van der Waals surface area contributed by atoms with E-state index in [4.69, 9.17) is 0 Å². The number of fused-ring (bicyclic) bond motifs is 7. The Morgan fingerprint density at radius 2 is 1.14 bits per heavy atom. The lowest BCUT2D eigenvalue weighted by atomic mass is 9.91. The van der Waals surface area contributed by atoms with Gasteiger partial charge in [-0.2, -0.15) is 0 Å². The maximum atomic E-state index is 3.29. The van der Waals surface area contributed by atoms with E-state index in [-0.39, 0.29) is 0 Å². The first-order valence-corrected chi connectivity index (χ1v) is 17.0. The standard InChI is InChI=1S/C47H32N2/c1-2-9-33(10-3-1)39-22-23-40(43-13-7-6-12-42(39)43)36-16-19-41-37(28-36)17-21-45-44-20-15-35(32-24-26-48-27-25-32)30-46(44)49(47(41)45)38-18-14-31-8-4-5-11-34(31)29-38/h1-26,28-30,48H,27H2. The van der Waals surface area contributed by atoms with E-state index in [1.54, 1.807) is 0 Å². The number of hydrogen-bond acceptors (Lipinski definition) is 1. The van der Waals surface area contributed by atoms with E-state index in [1.807, 2.05) is 6.20 Å². The summed E-state index contributed by atoms with van der Waals surface area (Å²) in [4.78, 5) is 0. The minimum atomic E-state index is 0.842. The van der Waals surface area contributed by atoms with Crippen molar-refractivity contribution in [1.82, 2.24) is 9.88 Å². The lowest BCUT2D eigenvalue weighted by molar-refractivity contribution is 0.976. The summed E-state index contributed by atoms with van der Waals surface area (Å²) in [7, 11) is 0. The molecule has 0 radical (unpaired) electrons. The van der Waals surface area contributed by atoms with E-state index in [9.17, 15) is 0 Å². The average Bonchev–Trinajstić information content (AvgIpc) is 3.52. The predicted molar refractivity (Wildman–Crippen MR) is 209 cm³/mol. The molecule has 2 heteroatoms. The van der Waals surface area contributed by atoms with E-state index in [1.165, 1.54) is 93.2 Å². The summed E-state index contributed by atoms with van der Waals surface area (Å²) in [5, 5.41) is 13.3. The summed E-state index contributed by atoms with van der Waals surface area (Å²) in [5.74, 6) is 0. The Hall–Kier alpha value is -6.38. The summed E-state index contributed by atoms with van der Waals surface area (Å²) in [6, 6.07) is 58.1. The monoisotopic (exact) mass is 624 g/mol. The highest BCUT2D eigenvalue weighted by molar-refractivity contribution is 6.19. The molecule has 0 fully saturated rings. The number of nitrogens with zero attached hydrogens (tertiary/aromatic N) is 1. The molecule has 0 saturated carbocycles. The third-order valence-electron chi connectivity index (χ3n) is 10.2. The Kier molecular flexibility index (Phi) is 6.28. The van der Waals surface area contributed by atoms with Crippen molar-refractivity contribution in [3.05, 3.63) is 182 Å². The second kappa shape index (κ2) is 11.1. The van der Waals surface area contributed by atoms with Gasteiger partial charge in [0.1, 0.15) is 0 Å². The number of rotatable bonds is 4. The fraction of sp³-hybridized carbons (Fsp3) is 0.0213. The number of allylic oxidation sites excluding steroid dienone is 2. The molecule has 1 aromatic heterocycles. The van der Waals surface area contributed by atoms with E-state index >= 15 is 0 Å². The normalized spacial score (nSPS) is 13.0. The molecule has 9 aromatic rings. The van der Waals surface area contributed by atoms with Gasteiger partial charge in [0.25, 0.3) is 0 Å². The van der Waals surface area contributed by atoms with E-state index in [2.05, 4.69) is 180 Å². The van der Waals surface area contributed by atoms with Crippen LogP contribution < -0.4 is 5.32 Å². The summed E-state index contributed by atoms with van der Waals surface area (Å²) in [5.41, 5.74) is 11.1. The van der Waals surface area contributed by atoms with Gasteiger partial charge in [0.05, 0.1) is 11.0 Å². The molecule has 0 unspecified atom stereocenters. The Morgan fingerprint density at radius 1 is 0.449 bits per heavy atom. The second-order valence-electron chi connectivity index (χ2n) is 13.0. The molecular weight excluding hydrogens is 593 g/mol. The maximum absolute atomic E-state index is 3.29. The molecule has 0 aliphatic carbocycles. The zero-order valence-corrected chi connectivity index (χ0v) is 26.9. The smallest absolute Gasteiger partial charge is 0.0619 e. The third-order valence-corrected chi connectivity index (χ3v) is 10.2. The Bertz CT molecular complexity index is 2820. The van der Waals surface area contributed by atoms with E-state index in [0.717, 1.165) is 6.54 Å². The molecule has 0 amide bonds. The number of aromatic nitrogens is 1. The minimum Gasteiger partial charge on any atom is -0.387 e. The highest BCUT2D eigenvalue weighted by Crippen LogP contribution is 2.41. The molecule has 49 heavy (non-hydrogen) atoms. The molecule has 0 atom stereocenters. The maximum Gasteiger partial charge on any atom is 0.0619 e. The Balaban J connectivity index is 1.21. The van der Waals surface area contributed by atoms with Gasteiger partial charge in [-0.1, -0.05) is 140 Å². The van der Waals surface area contributed by atoms with Gasteiger partial charge in [-0.05, 0) is 96.9 Å². The van der Waals surface area contributed by atoms with Crippen molar-refractivity contribution in [1.29, 1.82) is 0 Å². The van der Waals surface area contributed by atoms with E-state index < -0.39 is 0 Å². The molecule has 2 heterocycles. The van der Waals surface area contributed by atoms with Gasteiger partial charge in [-0.3, -0.25) is 0 Å². The Morgan fingerprint density at radius 3 is 1.96 bits per heavy atom. The molecule has 1 aliphatic rings. The van der Waals surface area contributed by atoms with Crippen LogP contribution in [0.2, 0.25) is 0 Å². The average molecular weight is 625 g/mol. The van der Waals surface area contributed by atoms with Crippen LogP contribution in [-0.2, 0) is 0 Å². The molecule has 2 nitrogen and oxygen atoms in total. The van der Waals surface area contributed by atoms with Gasteiger partial charge in [-0.25, -0.2) is 0 Å². The van der Waals surface area contributed by atoms with Crippen LogP contribution in [0.4, 0.5) is 0 Å². The summed E-state index contributed by atoms with van der Waals surface area (Å²) in [6.07, 6.45) is 6.47. The van der Waals surface area contributed by atoms with Gasteiger partial charge in [0.2, 0.25) is 0 Å². The lowest BCUT2D eigenvalue weighted by Gasteiger charge is -2.14. The van der Waals surface area contributed by atoms with Crippen LogP contribution in [-0.4, -0.2) is 11.1 Å². The quantitative estimate of drug-likeness (QED) is 0.206. The SMILES string of the molecule is C1=CC(c2ccc3c4ccc5cc(-c6ccc(-c7ccccc7)c7ccccc67)ccc5c4n(-c4ccc5ccccc5c4)c3c2)=CCN1. The van der Waals surface area contributed by atoms with Crippen LogP contribution >= 0.6 is 0 Å². The van der Waals surface area contributed by atoms with Crippen LogP contribution in [0.1, 0.15) is 5.56 Å². The molecule has 8 aromatic carbocycles. The van der Waals surface area contributed by atoms with Gasteiger partial charge < -0.3 is 9.88 Å². The van der Waals surface area contributed by atoms with Crippen molar-refractivity contribution in [2.24, 2.45) is 0 Å². The van der Waals surface area contributed by atoms with Crippen molar-refractivity contribution in [2.45, 2.75) is 0 Å². The molecule has 0 spiro atoms. The third kappa shape index (κ3) is 4.49. The lowest BCUT2D eigenvalue weighted by Crippen LogP contribution is -2.08. The number of nitrogens with one attached hydrogen (secondary N) is 1. The zero-order chi connectivity index (χ0) is 32.3. The molecule has 0 saturated heterocycles. The van der Waals surface area contributed by atoms with Crippen molar-refractivity contribution < 1.29 is 0 Å². The molecule has 10 rings (SSSR count). The summed E-state index contributed by atoms with van der Waals surface area (Å²) < 4.78 is 2.48. The predicted octanol–water partition coefficient (Wildman–Crippen LogP) is 12.1. The van der Waals surface area contributed by atoms with Crippen LogP contribution in [0.5, 0.6) is 0 Å². The molecule has 1 N–H and O–H groups in total. The second-order valence-corrected chi connectivity index (χ2v) is 13.0. The van der Waals surface area contributed by atoms with E-state index in [0.29, 0.717) is 0 Å². The summed E-state index contributed by atoms with van der Waals surface area (Å²) >= 11 is 0. The number of benzene rings is 8. The van der Waals surface area contributed by atoms with Crippen LogP contribution in [0.3, 0.4) is 0 Å². The minimum absolute atomic E-state index is 0.842. The molecular formula is C47H32N2. The molecule has 230 valence electrons. The Labute approximate surface area is 284 Å². The van der Waals surface area contributed by atoms with Crippen molar-refractivity contribution in [3.63, 3.8) is 0 Å². The summed E-state index contributed by atoms with van der Waals surface area (Å²) in [6.45, 7) is 0.842. The van der Waals surface area contributed by atoms with Gasteiger partial charge in [-0.15, -0.1) is 0 Å². The molecule has 0 bridgehead atoms. The van der Waals surface area contributed by atoms with Gasteiger partial charge in [0.15, 0.2) is 0 Å². The first-order chi connectivity index (χ1) is 24.3. The largest absolute Gasteiger partial charge is 0.387 e.